The van der Waals surface area contributed by atoms with Crippen LogP contribution in [0.15, 0.2) is 29.3 Å². The first-order valence-electron chi connectivity index (χ1n) is 10.4. The summed E-state index contributed by atoms with van der Waals surface area (Å²) >= 11 is 0. The fourth-order valence-electron chi connectivity index (χ4n) is 3.46. The Kier molecular flexibility index (Phi) is 10.2. The average molecular weight is 512 g/mol. The Morgan fingerprint density at radius 2 is 1.93 bits per heavy atom. The van der Waals surface area contributed by atoms with Crippen LogP contribution in [0.1, 0.15) is 43.4 Å². The van der Waals surface area contributed by atoms with Crippen LogP contribution >= 0.6 is 24.0 Å². The number of guanidine groups is 1. The van der Waals surface area contributed by atoms with Crippen molar-refractivity contribution in [2.24, 2.45) is 4.99 Å². The molecule has 0 aliphatic carbocycles. The van der Waals surface area contributed by atoms with E-state index in [9.17, 15) is 0 Å². The van der Waals surface area contributed by atoms with Gasteiger partial charge in [-0.15, -0.1) is 34.2 Å². The molecule has 2 aromatic rings. The number of rotatable bonds is 8. The molecule has 0 saturated heterocycles. The molecule has 0 fully saturated rings. The molecule has 8 heteroatoms. The standard InChI is InChI=1S/C21H32N6O.HI/c1-3-22-21(23-14-12-17-8-10-18(28-2)11-9-17)24-15-13-20-26-25-19-7-5-4-6-16-27(19)20;/h8-11H,3-7,12-16H2,1-2H3,(H2,22,23,24);1H. The van der Waals surface area contributed by atoms with Crippen LogP contribution in [0.5, 0.6) is 5.75 Å². The number of benzene rings is 1. The van der Waals surface area contributed by atoms with Gasteiger partial charge in [0.2, 0.25) is 0 Å². The van der Waals surface area contributed by atoms with Gasteiger partial charge in [-0.25, -0.2) is 0 Å². The predicted molar refractivity (Wildman–Crippen MR) is 127 cm³/mol. The predicted octanol–water partition coefficient (Wildman–Crippen LogP) is 2.97. The highest BCUT2D eigenvalue weighted by atomic mass is 127. The van der Waals surface area contributed by atoms with E-state index in [0.717, 1.165) is 62.3 Å². The number of nitrogens with zero attached hydrogens (tertiary/aromatic N) is 4. The Balaban J connectivity index is 0.00000300. The number of methoxy groups -OCH3 is 1. The number of fused-ring (bicyclic) bond motifs is 1. The molecule has 0 atom stereocenters. The van der Waals surface area contributed by atoms with E-state index in [1.807, 2.05) is 12.1 Å². The van der Waals surface area contributed by atoms with Crippen molar-refractivity contribution in [2.75, 3.05) is 26.7 Å². The fraction of sp³-hybridized carbons (Fsp3) is 0.571. The largest absolute Gasteiger partial charge is 0.497 e. The van der Waals surface area contributed by atoms with Crippen LogP contribution in [-0.4, -0.2) is 47.5 Å². The molecule has 2 heterocycles. The quantitative estimate of drug-likeness (QED) is 0.323. The number of hydrogen-bond donors (Lipinski definition) is 2. The molecule has 0 bridgehead atoms. The zero-order valence-corrected chi connectivity index (χ0v) is 19.8. The number of aliphatic imine (C=N–C) groups is 1. The van der Waals surface area contributed by atoms with Crippen molar-refractivity contribution in [2.45, 2.75) is 52.0 Å². The SMILES string of the molecule is CCNC(=NCCc1nnc2n1CCCCC2)NCCc1ccc(OC)cc1.I. The Labute approximate surface area is 190 Å². The lowest BCUT2D eigenvalue weighted by Gasteiger charge is -2.12. The van der Waals surface area contributed by atoms with Gasteiger partial charge in [-0.1, -0.05) is 18.6 Å². The number of aryl methyl sites for hydroxylation is 1. The summed E-state index contributed by atoms with van der Waals surface area (Å²) in [5.41, 5.74) is 1.27. The molecule has 0 saturated carbocycles. The number of nitrogens with one attached hydrogen (secondary N) is 2. The van der Waals surface area contributed by atoms with Crippen LogP contribution in [0.2, 0.25) is 0 Å². The summed E-state index contributed by atoms with van der Waals surface area (Å²) in [7, 11) is 1.69. The monoisotopic (exact) mass is 512 g/mol. The van der Waals surface area contributed by atoms with E-state index in [4.69, 9.17) is 9.73 Å². The van der Waals surface area contributed by atoms with Crippen molar-refractivity contribution in [3.8, 4) is 5.75 Å². The minimum absolute atomic E-state index is 0. The first-order chi connectivity index (χ1) is 13.8. The lowest BCUT2D eigenvalue weighted by Crippen LogP contribution is -2.38. The van der Waals surface area contributed by atoms with Crippen molar-refractivity contribution < 1.29 is 4.74 Å². The number of halogens is 1. The summed E-state index contributed by atoms with van der Waals surface area (Å²) < 4.78 is 7.50. The summed E-state index contributed by atoms with van der Waals surface area (Å²) in [4.78, 5) is 4.71. The maximum absolute atomic E-state index is 5.20. The third-order valence-corrected chi connectivity index (χ3v) is 5.00. The molecule has 3 rings (SSSR count). The second kappa shape index (κ2) is 12.7. The molecular weight excluding hydrogens is 479 g/mol. The topological polar surface area (TPSA) is 76.4 Å². The van der Waals surface area contributed by atoms with Crippen LogP contribution in [0.3, 0.4) is 0 Å². The van der Waals surface area contributed by atoms with Crippen LogP contribution in [0.25, 0.3) is 0 Å². The number of aromatic nitrogens is 3. The van der Waals surface area contributed by atoms with Gasteiger partial charge in [-0.3, -0.25) is 4.99 Å². The van der Waals surface area contributed by atoms with E-state index < -0.39 is 0 Å². The zero-order valence-electron chi connectivity index (χ0n) is 17.5. The summed E-state index contributed by atoms with van der Waals surface area (Å²) in [6.07, 6.45) is 6.53. The highest BCUT2D eigenvalue weighted by molar-refractivity contribution is 14.0. The van der Waals surface area contributed by atoms with Crippen molar-refractivity contribution in [1.29, 1.82) is 0 Å². The normalized spacial score (nSPS) is 13.8. The summed E-state index contributed by atoms with van der Waals surface area (Å²) in [5, 5.41) is 15.5. The molecule has 1 aromatic heterocycles. The van der Waals surface area contributed by atoms with Crippen molar-refractivity contribution in [3.63, 3.8) is 0 Å². The number of hydrogen-bond acceptors (Lipinski definition) is 4. The Hall–Kier alpha value is -1.84. The van der Waals surface area contributed by atoms with Gasteiger partial charge in [0.05, 0.1) is 7.11 Å². The lowest BCUT2D eigenvalue weighted by molar-refractivity contribution is 0.414. The summed E-state index contributed by atoms with van der Waals surface area (Å²) in [6.45, 7) is 5.50. The smallest absolute Gasteiger partial charge is 0.191 e. The first kappa shape index (κ1) is 23.4. The van der Waals surface area contributed by atoms with E-state index in [-0.39, 0.29) is 24.0 Å². The van der Waals surface area contributed by atoms with Crippen LogP contribution in [0, 0.1) is 0 Å². The van der Waals surface area contributed by atoms with Crippen LogP contribution in [-0.2, 0) is 25.8 Å². The van der Waals surface area contributed by atoms with Gasteiger partial charge >= 0.3 is 0 Å². The van der Waals surface area contributed by atoms with E-state index in [1.165, 1.54) is 24.8 Å². The molecule has 1 aromatic carbocycles. The second-order valence-electron chi connectivity index (χ2n) is 7.03. The van der Waals surface area contributed by atoms with Gasteiger partial charge < -0.3 is 19.9 Å². The fourth-order valence-corrected chi connectivity index (χ4v) is 3.46. The maximum atomic E-state index is 5.20. The highest BCUT2D eigenvalue weighted by Crippen LogP contribution is 2.14. The molecule has 7 nitrogen and oxygen atoms in total. The zero-order chi connectivity index (χ0) is 19.6. The van der Waals surface area contributed by atoms with Gasteiger partial charge in [0.25, 0.3) is 0 Å². The van der Waals surface area contributed by atoms with E-state index in [2.05, 4.69) is 44.5 Å². The molecule has 2 N–H and O–H groups in total. The maximum Gasteiger partial charge on any atom is 0.191 e. The minimum atomic E-state index is 0. The molecule has 0 unspecified atom stereocenters. The third kappa shape index (κ3) is 7.17. The van der Waals surface area contributed by atoms with Crippen LogP contribution in [0.4, 0.5) is 0 Å². The summed E-state index contributed by atoms with van der Waals surface area (Å²) in [6, 6.07) is 8.19. The lowest BCUT2D eigenvalue weighted by atomic mass is 10.1. The minimum Gasteiger partial charge on any atom is -0.497 e. The van der Waals surface area contributed by atoms with E-state index >= 15 is 0 Å². The molecule has 1 aliphatic heterocycles. The number of ether oxygens (including phenoxy) is 1. The van der Waals surface area contributed by atoms with Crippen molar-refractivity contribution in [3.05, 3.63) is 41.5 Å². The molecule has 0 spiro atoms. The Morgan fingerprint density at radius 3 is 2.69 bits per heavy atom. The molecule has 29 heavy (non-hydrogen) atoms. The third-order valence-electron chi connectivity index (χ3n) is 5.00. The van der Waals surface area contributed by atoms with Gasteiger partial charge in [-0.2, -0.15) is 0 Å². The van der Waals surface area contributed by atoms with E-state index in [1.54, 1.807) is 7.11 Å². The first-order valence-corrected chi connectivity index (χ1v) is 10.4. The van der Waals surface area contributed by atoms with Gasteiger partial charge in [0.1, 0.15) is 17.4 Å². The van der Waals surface area contributed by atoms with Gasteiger partial charge in [0.15, 0.2) is 5.96 Å². The molecule has 0 radical (unpaired) electrons. The Bertz CT molecular complexity index is 759. The molecule has 160 valence electrons. The van der Waals surface area contributed by atoms with E-state index in [0.29, 0.717) is 6.54 Å². The Morgan fingerprint density at radius 1 is 1.10 bits per heavy atom. The molecule has 1 aliphatic rings. The summed E-state index contributed by atoms with van der Waals surface area (Å²) in [5.74, 6) is 3.94. The highest BCUT2D eigenvalue weighted by Gasteiger charge is 2.14. The average Bonchev–Trinajstić information content (AvgIpc) is 2.95. The molecular formula is C21H33IN6O. The van der Waals surface area contributed by atoms with Gasteiger partial charge in [0, 0.05) is 39.0 Å². The van der Waals surface area contributed by atoms with Crippen LogP contribution < -0.4 is 15.4 Å². The second-order valence-corrected chi connectivity index (χ2v) is 7.03. The molecule has 0 amide bonds. The van der Waals surface area contributed by atoms with Crippen molar-refractivity contribution >= 4 is 29.9 Å². The van der Waals surface area contributed by atoms with Gasteiger partial charge in [-0.05, 0) is 43.9 Å². The van der Waals surface area contributed by atoms with Crippen molar-refractivity contribution in [1.82, 2.24) is 25.4 Å².